The number of nitrogens with zero attached hydrogens (tertiary/aromatic N) is 1. The van der Waals surface area contributed by atoms with Gasteiger partial charge in [-0.05, 0) is 26.8 Å². The van der Waals surface area contributed by atoms with E-state index in [0.29, 0.717) is 17.1 Å². The molecule has 1 saturated heterocycles. The summed E-state index contributed by atoms with van der Waals surface area (Å²) >= 11 is 0. The number of hydrogen-bond acceptors (Lipinski definition) is 5. The molecule has 6 nitrogen and oxygen atoms in total. The maximum Gasteiger partial charge on any atom is 0.262 e. The van der Waals surface area contributed by atoms with E-state index in [9.17, 15) is 4.79 Å². The second kappa shape index (κ2) is 4.80. The van der Waals surface area contributed by atoms with Gasteiger partial charge >= 0.3 is 0 Å². The molecule has 1 unspecified atom stereocenters. The first-order valence-corrected chi connectivity index (χ1v) is 7.13. The minimum absolute atomic E-state index is 0.0351. The van der Waals surface area contributed by atoms with Gasteiger partial charge < -0.3 is 25.4 Å². The smallest absolute Gasteiger partial charge is 0.262 e. The number of nitrogen functional groups attached to an aromatic ring is 1. The number of benzene rings is 1. The Hall–Kier alpha value is -1.95. The number of amides is 1. The van der Waals surface area contributed by atoms with Gasteiger partial charge in [-0.25, -0.2) is 0 Å². The first-order chi connectivity index (χ1) is 9.84. The van der Waals surface area contributed by atoms with E-state index in [2.05, 4.69) is 24.1 Å². The lowest BCUT2D eigenvalue weighted by atomic mass is 10.0. The number of nitrogens with two attached hydrogens (primary N) is 1. The van der Waals surface area contributed by atoms with Crippen molar-refractivity contribution >= 4 is 23.0 Å². The van der Waals surface area contributed by atoms with Gasteiger partial charge in [0.25, 0.3) is 5.91 Å². The predicted octanol–water partition coefficient (Wildman–Crippen LogP) is 1.60. The summed E-state index contributed by atoms with van der Waals surface area (Å²) in [5, 5.41) is 2.82. The third-order valence-electron chi connectivity index (χ3n) is 3.67. The molecule has 114 valence electrons. The molecule has 0 bridgehead atoms. The van der Waals surface area contributed by atoms with Crippen molar-refractivity contribution in [2.75, 3.05) is 35.6 Å². The number of fused-ring (bicyclic) bond motifs is 1. The molecule has 2 aliphatic rings. The molecule has 2 aliphatic heterocycles. The summed E-state index contributed by atoms with van der Waals surface area (Å²) in [6, 6.07) is 3.66. The second-order valence-electron chi connectivity index (χ2n) is 6.31. The quantitative estimate of drug-likeness (QED) is 0.769. The summed E-state index contributed by atoms with van der Waals surface area (Å²) in [6.07, 6.45) is 0.120. The monoisotopic (exact) mass is 291 g/mol. The number of nitrogens with one attached hydrogen (secondary N) is 1. The van der Waals surface area contributed by atoms with Crippen molar-refractivity contribution in [3.05, 3.63) is 12.1 Å². The number of carbonyl (C=O) groups is 1. The van der Waals surface area contributed by atoms with E-state index < -0.39 is 0 Å². The first-order valence-electron chi connectivity index (χ1n) is 7.13. The highest BCUT2D eigenvalue weighted by Gasteiger charge is 2.32. The minimum Gasteiger partial charge on any atom is -0.482 e. The number of ether oxygens (including phenoxy) is 2. The fourth-order valence-electron chi connectivity index (χ4n) is 3.04. The molecule has 0 aliphatic carbocycles. The molecule has 0 spiro atoms. The van der Waals surface area contributed by atoms with E-state index in [1.165, 1.54) is 0 Å². The van der Waals surface area contributed by atoms with Crippen LogP contribution >= 0.6 is 0 Å². The molecular weight excluding hydrogens is 270 g/mol. The number of morpholine rings is 1. The fraction of sp³-hybridized carbons (Fsp3) is 0.533. The summed E-state index contributed by atoms with van der Waals surface area (Å²) in [4.78, 5) is 13.7. The molecule has 6 heteroatoms. The Kier molecular flexibility index (Phi) is 3.20. The topological polar surface area (TPSA) is 76.8 Å². The van der Waals surface area contributed by atoms with Gasteiger partial charge in [0.1, 0.15) is 5.75 Å². The minimum atomic E-state index is -0.236. The van der Waals surface area contributed by atoms with Gasteiger partial charge in [0, 0.05) is 19.2 Å². The molecule has 2 heterocycles. The van der Waals surface area contributed by atoms with Gasteiger partial charge in [-0.15, -0.1) is 0 Å². The molecule has 1 amide bonds. The number of anilines is 3. The van der Waals surface area contributed by atoms with Crippen molar-refractivity contribution in [1.82, 2.24) is 0 Å². The summed E-state index contributed by atoms with van der Waals surface area (Å²) in [5.41, 5.74) is 8.16. The SMILES string of the molecule is CC1CN(c2cc3c(cc2N)OCC(=O)N3)CC(C)(C)O1. The number of rotatable bonds is 1. The molecular formula is C15H21N3O3. The molecule has 1 aromatic rings. The van der Waals surface area contributed by atoms with Crippen molar-refractivity contribution in [1.29, 1.82) is 0 Å². The van der Waals surface area contributed by atoms with Gasteiger partial charge in [-0.2, -0.15) is 0 Å². The molecule has 0 radical (unpaired) electrons. The van der Waals surface area contributed by atoms with E-state index in [0.717, 1.165) is 18.8 Å². The van der Waals surface area contributed by atoms with Crippen LogP contribution in [0.25, 0.3) is 0 Å². The van der Waals surface area contributed by atoms with Gasteiger partial charge in [0.15, 0.2) is 6.61 Å². The number of hydrogen-bond donors (Lipinski definition) is 2. The van der Waals surface area contributed by atoms with Crippen LogP contribution in [-0.4, -0.2) is 37.3 Å². The maximum atomic E-state index is 11.5. The molecule has 3 rings (SSSR count). The lowest BCUT2D eigenvalue weighted by molar-refractivity contribution is -0.118. The second-order valence-corrected chi connectivity index (χ2v) is 6.31. The van der Waals surface area contributed by atoms with Crippen LogP contribution in [0, 0.1) is 0 Å². The molecule has 0 aromatic heterocycles. The average molecular weight is 291 g/mol. The van der Waals surface area contributed by atoms with E-state index in [1.54, 1.807) is 6.07 Å². The van der Waals surface area contributed by atoms with Crippen molar-refractivity contribution in [2.45, 2.75) is 32.5 Å². The van der Waals surface area contributed by atoms with Crippen LogP contribution in [-0.2, 0) is 9.53 Å². The Bertz CT molecular complexity index is 586. The van der Waals surface area contributed by atoms with Crippen molar-refractivity contribution in [3.8, 4) is 5.75 Å². The first kappa shape index (κ1) is 14.0. The van der Waals surface area contributed by atoms with E-state index >= 15 is 0 Å². The molecule has 21 heavy (non-hydrogen) atoms. The molecule has 1 atom stereocenters. The van der Waals surface area contributed by atoms with E-state index in [-0.39, 0.29) is 24.2 Å². The third kappa shape index (κ3) is 2.76. The standard InChI is InChI=1S/C15H21N3O3/c1-9-6-18(8-15(2,3)21-9)12-5-11-13(4-10(12)16)20-7-14(19)17-11/h4-5,9H,6-8,16H2,1-3H3,(H,17,19). The van der Waals surface area contributed by atoms with Crippen LogP contribution in [0.3, 0.4) is 0 Å². The zero-order chi connectivity index (χ0) is 15.2. The summed E-state index contributed by atoms with van der Waals surface area (Å²) in [7, 11) is 0. The highest BCUT2D eigenvalue weighted by atomic mass is 16.5. The van der Waals surface area contributed by atoms with E-state index in [1.807, 2.05) is 13.0 Å². The Labute approximate surface area is 124 Å². The highest BCUT2D eigenvalue weighted by Crippen LogP contribution is 2.38. The van der Waals surface area contributed by atoms with Gasteiger partial charge in [0.05, 0.1) is 28.8 Å². The van der Waals surface area contributed by atoms with Crippen molar-refractivity contribution < 1.29 is 14.3 Å². The fourth-order valence-corrected chi connectivity index (χ4v) is 3.04. The average Bonchev–Trinajstić information content (AvgIpc) is 2.36. The van der Waals surface area contributed by atoms with Gasteiger partial charge in [-0.3, -0.25) is 4.79 Å². The lowest BCUT2D eigenvalue weighted by Gasteiger charge is -2.43. The Morgan fingerprint density at radius 3 is 2.90 bits per heavy atom. The van der Waals surface area contributed by atoms with Crippen LogP contribution in [0.1, 0.15) is 20.8 Å². The van der Waals surface area contributed by atoms with E-state index in [4.69, 9.17) is 15.2 Å². The van der Waals surface area contributed by atoms with Crippen molar-refractivity contribution in [3.63, 3.8) is 0 Å². The predicted molar refractivity (Wildman–Crippen MR) is 81.8 cm³/mol. The summed E-state index contributed by atoms with van der Waals surface area (Å²) in [5.74, 6) is 0.477. The van der Waals surface area contributed by atoms with Crippen LogP contribution in [0.4, 0.5) is 17.1 Å². The van der Waals surface area contributed by atoms with Crippen LogP contribution in [0.15, 0.2) is 12.1 Å². The maximum absolute atomic E-state index is 11.5. The highest BCUT2D eigenvalue weighted by molar-refractivity contribution is 5.97. The van der Waals surface area contributed by atoms with Crippen LogP contribution in [0.5, 0.6) is 5.75 Å². The molecule has 1 fully saturated rings. The largest absolute Gasteiger partial charge is 0.482 e. The van der Waals surface area contributed by atoms with Crippen LogP contribution in [0.2, 0.25) is 0 Å². The zero-order valence-electron chi connectivity index (χ0n) is 12.6. The summed E-state index contributed by atoms with van der Waals surface area (Å²) < 4.78 is 11.3. The zero-order valence-corrected chi connectivity index (χ0v) is 12.6. The third-order valence-corrected chi connectivity index (χ3v) is 3.67. The molecule has 1 aromatic carbocycles. The van der Waals surface area contributed by atoms with Crippen LogP contribution < -0.4 is 20.7 Å². The lowest BCUT2D eigenvalue weighted by Crippen LogP contribution is -2.52. The van der Waals surface area contributed by atoms with Gasteiger partial charge in [-0.1, -0.05) is 0 Å². The molecule has 0 saturated carbocycles. The Morgan fingerprint density at radius 1 is 1.43 bits per heavy atom. The Morgan fingerprint density at radius 2 is 2.19 bits per heavy atom. The van der Waals surface area contributed by atoms with Gasteiger partial charge in [0.2, 0.25) is 0 Å². The Balaban J connectivity index is 1.95. The summed E-state index contributed by atoms with van der Waals surface area (Å²) in [6.45, 7) is 7.72. The van der Waals surface area contributed by atoms with Crippen molar-refractivity contribution in [2.24, 2.45) is 0 Å². The number of carbonyl (C=O) groups excluding carboxylic acids is 1. The normalized spacial score (nSPS) is 24.0. The molecule has 3 N–H and O–H groups in total.